The van der Waals surface area contributed by atoms with Gasteiger partial charge in [-0.2, -0.15) is 0 Å². The summed E-state index contributed by atoms with van der Waals surface area (Å²) in [6, 6.07) is 14.9. The molecule has 0 radical (unpaired) electrons. The zero-order chi connectivity index (χ0) is 19.5. The fraction of sp³-hybridized carbons (Fsp3) is 0.364. The third-order valence-corrected chi connectivity index (χ3v) is 5.98. The Bertz CT molecular complexity index is 984. The van der Waals surface area contributed by atoms with E-state index in [2.05, 4.69) is 64.4 Å². The first-order chi connectivity index (χ1) is 13.6. The molecule has 28 heavy (non-hydrogen) atoms. The number of imidazole rings is 1. The summed E-state index contributed by atoms with van der Waals surface area (Å²) in [4.78, 5) is 22.6. The quantitative estimate of drug-likeness (QED) is 0.628. The number of nitrogens with zero attached hydrogens (tertiary/aromatic N) is 2. The standard InChI is InChI=1S/C22H26N4OS/c1-15-7-8-19-20(11-15)25-22(24-19)28-14-21(27)23-16(2)12-26-10-9-17-5-3-4-6-18(17)13-26/h3-8,11,16H,9-10,12-14H2,1-2H3,(H,23,27)(H,24,25). The van der Waals surface area contributed by atoms with E-state index in [4.69, 9.17) is 0 Å². The number of amides is 1. The highest BCUT2D eigenvalue weighted by atomic mass is 32.2. The first kappa shape index (κ1) is 19.0. The minimum Gasteiger partial charge on any atom is -0.352 e. The Morgan fingerprint density at radius 3 is 2.96 bits per heavy atom. The van der Waals surface area contributed by atoms with Gasteiger partial charge in [0, 0.05) is 25.7 Å². The Labute approximate surface area is 169 Å². The van der Waals surface area contributed by atoms with Crippen molar-refractivity contribution < 1.29 is 4.79 Å². The van der Waals surface area contributed by atoms with Gasteiger partial charge in [-0.25, -0.2) is 4.98 Å². The molecule has 2 heterocycles. The maximum absolute atomic E-state index is 12.3. The summed E-state index contributed by atoms with van der Waals surface area (Å²) in [6.45, 7) is 7.01. The van der Waals surface area contributed by atoms with Gasteiger partial charge >= 0.3 is 0 Å². The number of nitrogens with one attached hydrogen (secondary N) is 2. The smallest absolute Gasteiger partial charge is 0.230 e. The van der Waals surface area contributed by atoms with Crippen LogP contribution in [0, 0.1) is 6.92 Å². The molecule has 146 valence electrons. The van der Waals surface area contributed by atoms with Crippen LogP contribution in [-0.2, 0) is 17.8 Å². The Morgan fingerprint density at radius 1 is 1.29 bits per heavy atom. The monoisotopic (exact) mass is 394 g/mol. The number of aromatic amines is 1. The first-order valence-corrected chi connectivity index (χ1v) is 10.7. The van der Waals surface area contributed by atoms with Crippen molar-refractivity contribution in [1.82, 2.24) is 20.2 Å². The van der Waals surface area contributed by atoms with Gasteiger partial charge in [-0.3, -0.25) is 9.69 Å². The second kappa shape index (κ2) is 8.37. The van der Waals surface area contributed by atoms with E-state index in [9.17, 15) is 4.79 Å². The summed E-state index contributed by atoms with van der Waals surface area (Å²) >= 11 is 1.45. The van der Waals surface area contributed by atoms with E-state index in [0.29, 0.717) is 5.75 Å². The molecular formula is C22H26N4OS. The number of carbonyl (C=O) groups is 1. The average molecular weight is 395 g/mol. The molecule has 0 spiro atoms. The molecule has 1 aromatic heterocycles. The van der Waals surface area contributed by atoms with Crippen LogP contribution < -0.4 is 5.32 Å². The van der Waals surface area contributed by atoms with Gasteiger partial charge < -0.3 is 10.3 Å². The lowest BCUT2D eigenvalue weighted by atomic mass is 10.00. The Morgan fingerprint density at radius 2 is 2.11 bits per heavy atom. The summed E-state index contributed by atoms with van der Waals surface area (Å²) in [5.41, 5.74) is 6.00. The minimum atomic E-state index is 0.0477. The van der Waals surface area contributed by atoms with Crippen LogP contribution in [0.2, 0.25) is 0 Å². The van der Waals surface area contributed by atoms with Crippen molar-refractivity contribution in [2.75, 3.05) is 18.8 Å². The van der Waals surface area contributed by atoms with E-state index in [1.54, 1.807) is 0 Å². The summed E-state index contributed by atoms with van der Waals surface area (Å²) in [7, 11) is 0. The molecule has 1 amide bonds. The maximum atomic E-state index is 12.3. The number of thioether (sulfide) groups is 1. The van der Waals surface area contributed by atoms with Crippen molar-refractivity contribution in [3.05, 3.63) is 59.2 Å². The van der Waals surface area contributed by atoms with Crippen molar-refractivity contribution in [3.8, 4) is 0 Å². The fourth-order valence-electron chi connectivity index (χ4n) is 3.76. The van der Waals surface area contributed by atoms with Crippen LogP contribution in [0.5, 0.6) is 0 Å². The van der Waals surface area contributed by atoms with Gasteiger partial charge in [0.15, 0.2) is 5.16 Å². The number of fused-ring (bicyclic) bond motifs is 2. The highest BCUT2D eigenvalue weighted by Gasteiger charge is 2.18. The highest BCUT2D eigenvalue weighted by molar-refractivity contribution is 7.99. The Hall–Kier alpha value is -2.31. The lowest BCUT2D eigenvalue weighted by Gasteiger charge is -2.31. The second-order valence-corrected chi connectivity index (χ2v) is 8.54. The third kappa shape index (κ3) is 4.56. The van der Waals surface area contributed by atoms with E-state index in [1.807, 2.05) is 12.1 Å². The van der Waals surface area contributed by atoms with Crippen LogP contribution in [0.4, 0.5) is 0 Å². The van der Waals surface area contributed by atoms with Crippen molar-refractivity contribution in [2.24, 2.45) is 0 Å². The lowest BCUT2D eigenvalue weighted by molar-refractivity contribution is -0.119. The van der Waals surface area contributed by atoms with Gasteiger partial charge in [0.2, 0.25) is 5.91 Å². The molecule has 2 N–H and O–H groups in total. The van der Waals surface area contributed by atoms with E-state index in [-0.39, 0.29) is 11.9 Å². The van der Waals surface area contributed by atoms with Crippen molar-refractivity contribution in [1.29, 1.82) is 0 Å². The van der Waals surface area contributed by atoms with Crippen LogP contribution in [0.3, 0.4) is 0 Å². The van der Waals surface area contributed by atoms with Crippen LogP contribution >= 0.6 is 11.8 Å². The van der Waals surface area contributed by atoms with Crippen LogP contribution in [-0.4, -0.2) is 45.7 Å². The molecule has 1 aliphatic rings. The summed E-state index contributed by atoms with van der Waals surface area (Å²) < 4.78 is 0. The van der Waals surface area contributed by atoms with Crippen molar-refractivity contribution in [3.63, 3.8) is 0 Å². The summed E-state index contributed by atoms with van der Waals surface area (Å²) in [5.74, 6) is 0.415. The lowest BCUT2D eigenvalue weighted by Crippen LogP contribution is -2.44. The number of hydrogen-bond acceptors (Lipinski definition) is 4. The van der Waals surface area contributed by atoms with Crippen LogP contribution in [0.15, 0.2) is 47.6 Å². The van der Waals surface area contributed by atoms with Crippen LogP contribution in [0.1, 0.15) is 23.6 Å². The minimum absolute atomic E-state index is 0.0477. The largest absolute Gasteiger partial charge is 0.352 e. The second-order valence-electron chi connectivity index (χ2n) is 7.57. The van der Waals surface area contributed by atoms with E-state index in [1.165, 1.54) is 28.5 Å². The predicted octanol–water partition coefficient (Wildman–Crippen LogP) is 3.53. The van der Waals surface area contributed by atoms with Gasteiger partial charge in [-0.1, -0.05) is 42.1 Å². The Balaban J connectivity index is 1.25. The molecular weight excluding hydrogens is 368 g/mol. The number of aromatic nitrogens is 2. The molecule has 0 fully saturated rings. The van der Waals surface area contributed by atoms with Crippen LogP contribution in [0.25, 0.3) is 11.0 Å². The van der Waals surface area contributed by atoms with Gasteiger partial charge in [0.25, 0.3) is 0 Å². The number of benzene rings is 2. The first-order valence-electron chi connectivity index (χ1n) is 9.74. The molecule has 3 aromatic rings. The molecule has 2 aromatic carbocycles. The van der Waals surface area contributed by atoms with E-state index in [0.717, 1.165) is 42.2 Å². The number of aryl methyl sites for hydroxylation is 1. The molecule has 0 aliphatic carbocycles. The van der Waals surface area contributed by atoms with Crippen molar-refractivity contribution in [2.45, 2.75) is 38.0 Å². The molecule has 0 saturated carbocycles. The number of hydrogen-bond donors (Lipinski definition) is 2. The molecule has 1 atom stereocenters. The molecule has 0 bridgehead atoms. The third-order valence-electron chi connectivity index (χ3n) is 5.10. The van der Waals surface area contributed by atoms with E-state index < -0.39 is 0 Å². The van der Waals surface area contributed by atoms with Crippen molar-refractivity contribution >= 4 is 28.7 Å². The maximum Gasteiger partial charge on any atom is 0.230 e. The topological polar surface area (TPSA) is 61.0 Å². The number of H-pyrrole nitrogens is 1. The van der Waals surface area contributed by atoms with Gasteiger partial charge in [-0.15, -0.1) is 0 Å². The molecule has 1 unspecified atom stereocenters. The highest BCUT2D eigenvalue weighted by Crippen LogP contribution is 2.21. The molecule has 1 aliphatic heterocycles. The van der Waals surface area contributed by atoms with Gasteiger partial charge in [0.05, 0.1) is 16.8 Å². The van der Waals surface area contributed by atoms with Gasteiger partial charge in [-0.05, 0) is 49.1 Å². The molecule has 5 nitrogen and oxygen atoms in total. The zero-order valence-electron chi connectivity index (χ0n) is 16.4. The number of carbonyl (C=O) groups excluding carboxylic acids is 1. The Kier molecular flexibility index (Phi) is 5.69. The van der Waals surface area contributed by atoms with Gasteiger partial charge in [0.1, 0.15) is 0 Å². The molecule has 0 saturated heterocycles. The van der Waals surface area contributed by atoms with E-state index >= 15 is 0 Å². The predicted molar refractivity (Wildman–Crippen MR) is 115 cm³/mol. The summed E-state index contributed by atoms with van der Waals surface area (Å²) in [5, 5.41) is 3.91. The molecule has 6 heteroatoms. The fourth-order valence-corrected chi connectivity index (χ4v) is 4.46. The SMILES string of the molecule is Cc1ccc2nc(SCC(=O)NC(C)CN3CCc4ccccc4C3)[nH]c2c1. The normalized spacial score (nSPS) is 15.4. The number of rotatable bonds is 6. The zero-order valence-corrected chi connectivity index (χ0v) is 17.2. The summed E-state index contributed by atoms with van der Waals surface area (Å²) in [6.07, 6.45) is 1.08. The molecule has 4 rings (SSSR count). The average Bonchev–Trinajstić information content (AvgIpc) is 3.08.